The van der Waals surface area contributed by atoms with Crippen molar-refractivity contribution in [2.24, 2.45) is 5.92 Å². The van der Waals surface area contributed by atoms with E-state index < -0.39 is 0 Å². The Morgan fingerprint density at radius 3 is 2.54 bits per heavy atom. The summed E-state index contributed by atoms with van der Waals surface area (Å²) in [5, 5.41) is 3.24. The number of amides is 1. The molecule has 1 atom stereocenters. The first-order chi connectivity index (χ1) is 17.1. The summed E-state index contributed by atoms with van der Waals surface area (Å²) >= 11 is 0. The van der Waals surface area contributed by atoms with E-state index >= 15 is 0 Å². The average Bonchev–Trinajstić information content (AvgIpc) is 2.91. The van der Waals surface area contributed by atoms with Gasteiger partial charge in [0, 0.05) is 24.2 Å². The Bertz CT molecular complexity index is 1070. The van der Waals surface area contributed by atoms with Crippen molar-refractivity contribution in [3.63, 3.8) is 0 Å². The first kappa shape index (κ1) is 24.7. The van der Waals surface area contributed by atoms with Crippen LogP contribution >= 0.6 is 0 Å². The number of rotatable bonds is 10. The molecular formula is C28H32FN3O3. The number of hydrogen-bond acceptors (Lipinski definition) is 5. The van der Waals surface area contributed by atoms with Crippen molar-refractivity contribution in [1.29, 1.82) is 0 Å². The molecule has 1 aliphatic heterocycles. The number of para-hydroxylation sites is 1. The smallest absolute Gasteiger partial charge is 0.224 e. The third-order valence-electron chi connectivity index (χ3n) is 6.38. The van der Waals surface area contributed by atoms with Gasteiger partial charge in [-0.25, -0.2) is 4.39 Å². The van der Waals surface area contributed by atoms with Crippen molar-refractivity contribution in [1.82, 2.24) is 15.2 Å². The summed E-state index contributed by atoms with van der Waals surface area (Å²) in [5.74, 6) is 1.15. The number of halogens is 1. The van der Waals surface area contributed by atoms with Crippen molar-refractivity contribution < 1.29 is 18.7 Å². The van der Waals surface area contributed by atoms with Crippen LogP contribution in [0.4, 0.5) is 4.39 Å². The van der Waals surface area contributed by atoms with Gasteiger partial charge in [-0.15, -0.1) is 0 Å². The zero-order valence-corrected chi connectivity index (χ0v) is 20.0. The predicted octanol–water partition coefficient (Wildman–Crippen LogP) is 4.62. The molecule has 0 aliphatic carbocycles. The van der Waals surface area contributed by atoms with E-state index in [-0.39, 0.29) is 23.7 Å². The van der Waals surface area contributed by atoms with Gasteiger partial charge in [0.25, 0.3) is 0 Å². The van der Waals surface area contributed by atoms with Crippen molar-refractivity contribution >= 4 is 5.91 Å². The maximum Gasteiger partial charge on any atom is 0.224 e. The van der Waals surface area contributed by atoms with Crippen LogP contribution in [-0.2, 0) is 4.79 Å². The molecule has 0 bridgehead atoms. The van der Waals surface area contributed by atoms with Crippen LogP contribution in [0.2, 0.25) is 0 Å². The van der Waals surface area contributed by atoms with Gasteiger partial charge in [-0.3, -0.25) is 9.78 Å². The lowest BCUT2D eigenvalue weighted by molar-refractivity contribution is -0.127. The Labute approximate surface area is 206 Å². The minimum atomic E-state index is -0.374. The third kappa shape index (κ3) is 6.79. The lowest BCUT2D eigenvalue weighted by atomic mass is 9.94. The van der Waals surface area contributed by atoms with Crippen molar-refractivity contribution in [2.45, 2.75) is 25.3 Å². The second-order valence-corrected chi connectivity index (χ2v) is 8.71. The highest BCUT2D eigenvalue weighted by Crippen LogP contribution is 2.30. The number of aromatic nitrogens is 1. The molecule has 1 fully saturated rings. The second-order valence-electron chi connectivity index (χ2n) is 8.71. The Morgan fingerprint density at radius 1 is 1.09 bits per heavy atom. The standard InChI is InChI=1S/C28H32FN3O3/c1-34-26-9-3-2-7-24(26)27(25-8-4-5-16-30-25)31-28(33)21-14-18-32(19-15-21)17-6-20-35-23-12-10-22(29)11-13-23/h2-5,7-13,16,21,27H,6,14-15,17-20H2,1H3,(H,31,33). The van der Waals surface area contributed by atoms with Crippen LogP contribution in [0.25, 0.3) is 0 Å². The number of benzene rings is 2. The van der Waals surface area contributed by atoms with Crippen LogP contribution in [0.1, 0.15) is 36.6 Å². The Balaban J connectivity index is 1.28. The van der Waals surface area contributed by atoms with Gasteiger partial charge in [0.15, 0.2) is 0 Å². The highest BCUT2D eigenvalue weighted by molar-refractivity contribution is 5.79. The average molecular weight is 478 g/mol. The molecule has 1 amide bonds. The maximum absolute atomic E-state index is 13.3. The number of hydrogen-bond donors (Lipinski definition) is 1. The van der Waals surface area contributed by atoms with Gasteiger partial charge in [0.2, 0.25) is 5.91 Å². The van der Waals surface area contributed by atoms with E-state index in [0.29, 0.717) is 12.4 Å². The van der Waals surface area contributed by atoms with Crippen molar-refractivity contribution in [3.8, 4) is 11.5 Å². The molecule has 1 aliphatic rings. The monoisotopic (exact) mass is 477 g/mol. The van der Waals surface area contributed by atoms with E-state index in [0.717, 1.165) is 55.9 Å². The summed E-state index contributed by atoms with van der Waals surface area (Å²) in [6.45, 7) is 3.24. The number of pyridine rings is 1. The van der Waals surface area contributed by atoms with E-state index in [4.69, 9.17) is 9.47 Å². The van der Waals surface area contributed by atoms with E-state index in [1.807, 2.05) is 42.5 Å². The third-order valence-corrected chi connectivity index (χ3v) is 6.38. The molecule has 7 heteroatoms. The summed E-state index contributed by atoms with van der Waals surface area (Å²) in [7, 11) is 1.64. The molecule has 0 spiro atoms. The van der Waals surface area contributed by atoms with E-state index in [1.54, 1.807) is 25.4 Å². The number of nitrogens with one attached hydrogen (secondary N) is 1. The zero-order valence-electron chi connectivity index (χ0n) is 20.0. The van der Waals surface area contributed by atoms with Gasteiger partial charge >= 0.3 is 0 Å². The van der Waals surface area contributed by atoms with Crippen LogP contribution in [0.5, 0.6) is 11.5 Å². The molecule has 2 aromatic carbocycles. The molecule has 184 valence electrons. The molecule has 1 saturated heterocycles. The molecule has 2 heterocycles. The quantitative estimate of drug-likeness (QED) is 0.432. The molecule has 0 radical (unpaired) electrons. The van der Waals surface area contributed by atoms with E-state index in [9.17, 15) is 9.18 Å². The zero-order chi connectivity index (χ0) is 24.5. The van der Waals surface area contributed by atoms with E-state index in [2.05, 4.69) is 15.2 Å². The minimum Gasteiger partial charge on any atom is -0.496 e. The fourth-order valence-corrected chi connectivity index (χ4v) is 4.45. The summed E-state index contributed by atoms with van der Waals surface area (Å²) in [4.78, 5) is 20.1. The van der Waals surface area contributed by atoms with Crippen LogP contribution in [0, 0.1) is 11.7 Å². The first-order valence-electron chi connectivity index (χ1n) is 12.1. The predicted molar refractivity (Wildman–Crippen MR) is 133 cm³/mol. The number of nitrogens with zero attached hydrogens (tertiary/aromatic N) is 2. The molecule has 6 nitrogen and oxygen atoms in total. The SMILES string of the molecule is COc1ccccc1C(NC(=O)C1CCN(CCCOc2ccc(F)cc2)CC1)c1ccccn1. The summed E-state index contributed by atoms with van der Waals surface area (Å²) < 4.78 is 24.2. The number of carbonyl (C=O) groups excluding carboxylic acids is 1. The van der Waals surface area contributed by atoms with Crippen LogP contribution in [0.3, 0.4) is 0 Å². The van der Waals surface area contributed by atoms with Gasteiger partial charge in [0.05, 0.1) is 25.5 Å². The Kier molecular flexibility index (Phi) is 8.68. The van der Waals surface area contributed by atoms with Gasteiger partial charge in [-0.1, -0.05) is 24.3 Å². The van der Waals surface area contributed by atoms with Crippen LogP contribution in [-0.4, -0.2) is 49.1 Å². The lowest BCUT2D eigenvalue weighted by Crippen LogP contribution is -2.42. The Hall–Kier alpha value is -3.45. The topological polar surface area (TPSA) is 63.7 Å². The number of methoxy groups -OCH3 is 1. The van der Waals surface area contributed by atoms with Gasteiger partial charge in [0.1, 0.15) is 17.3 Å². The molecule has 35 heavy (non-hydrogen) atoms. The number of piperidine rings is 1. The molecule has 4 rings (SSSR count). The highest BCUT2D eigenvalue weighted by Gasteiger charge is 2.28. The fourth-order valence-electron chi connectivity index (χ4n) is 4.45. The molecule has 1 N–H and O–H groups in total. The Morgan fingerprint density at radius 2 is 1.83 bits per heavy atom. The number of carbonyl (C=O) groups is 1. The molecule has 1 aromatic heterocycles. The summed E-state index contributed by atoms with van der Waals surface area (Å²) in [5.41, 5.74) is 1.67. The van der Waals surface area contributed by atoms with Gasteiger partial charge in [-0.05, 0) is 74.8 Å². The lowest BCUT2D eigenvalue weighted by Gasteiger charge is -2.32. The highest BCUT2D eigenvalue weighted by atomic mass is 19.1. The molecule has 1 unspecified atom stereocenters. The molecule has 3 aromatic rings. The van der Waals surface area contributed by atoms with Crippen molar-refractivity contribution in [3.05, 3.63) is 90.0 Å². The molecular weight excluding hydrogens is 445 g/mol. The largest absolute Gasteiger partial charge is 0.496 e. The van der Waals surface area contributed by atoms with Gasteiger partial charge in [-0.2, -0.15) is 0 Å². The normalized spacial score (nSPS) is 15.4. The van der Waals surface area contributed by atoms with Crippen LogP contribution < -0.4 is 14.8 Å². The second kappa shape index (κ2) is 12.3. The van der Waals surface area contributed by atoms with Gasteiger partial charge < -0.3 is 19.7 Å². The molecule has 0 saturated carbocycles. The summed E-state index contributed by atoms with van der Waals surface area (Å²) in [6.07, 6.45) is 4.24. The summed E-state index contributed by atoms with van der Waals surface area (Å²) in [6, 6.07) is 19.2. The number of ether oxygens (including phenoxy) is 2. The first-order valence-corrected chi connectivity index (χ1v) is 12.1. The maximum atomic E-state index is 13.3. The number of likely N-dealkylation sites (tertiary alicyclic amines) is 1. The van der Waals surface area contributed by atoms with Crippen molar-refractivity contribution in [2.75, 3.05) is 33.4 Å². The van der Waals surface area contributed by atoms with E-state index in [1.165, 1.54) is 12.1 Å². The minimum absolute atomic E-state index is 0.0392. The van der Waals surface area contributed by atoms with Crippen LogP contribution in [0.15, 0.2) is 72.9 Å². The fraction of sp³-hybridized carbons (Fsp3) is 0.357.